The zero-order valence-corrected chi connectivity index (χ0v) is 13.7. The molecule has 3 rings (SSSR count). The highest BCUT2D eigenvalue weighted by Gasteiger charge is 2.16. The van der Waals surface area contributed by atoms with Crippen molar-refractivity contribution in [2.45, 2.75) is 4.90 Å². The van der Waals surface area contributed by atoms with Crippen LogP contribution in [0.1, 0.15) is 10.4 Å². The first kappa shape index (κ1) is 16.8. The van der Waals surface area contributed by atoms with Crippen LogP contribution >= 0.6 is 0 Å². The van der Waals surface area contributed by atoms with Crippen molar-refractivity contribution >= 4 is 21.8 Å². The van der Waals surface area contributed by atoms with Gasteiger partial charge in [0.15, 0.2) is 9.84 Å². The summed E-state index contributed by atoms with van der Waals surface area (Å²) in [4.78, 5) is 12.1. The lowest BCUT2D eigenvalue weighted by Crippen LogP contribution is -2.13. The van der Waals surface area contributed by atoms with Crippen LogP contribution in [0.3, 0.4) is 0 Å². The number of anilines is 1. The van der Waals surface area contributed by atoms with Crippen molar-refractivity contribution in [2.75, 3.05) is 11.6 Å². The van der Waals surface area contributed by atoms with Gasteiger partial charge in [0, 0.05) is 11.8 Å². The lowest BCUT2D eigenvalue weighted by Gasteiger charge is -2.01. The summed E-state index contributed by atoms with van der Waals surface area (Å²) in [5, 5.41) is 9.71. The fourth-order valence-electron chi connectivity index (χ4n) is 2.06. The van der Waals surface area contributed by atoms with Crippen molar-refractivity contribution in [3.05, 3.63) is 59.9 Å². The molecule has 1 amide bonds. The fraction of sp³-hybridized carbons (Fsp3) is 0.0625. The quantitative estimate of drug-likeness (QED) is 0.766. The monoisotopic (exact) mass is 361 g/mol. The molecule has 0 radical (unpaired) electrons. The second-order valence-corrected chi connectivity index (χ2v) is 7.16. The number of nitrogens with one attached hydrogen (secondary N) is 1. The van der Waals surface area contributed by atoms with Gasteiger partial charge in [0.2, 0.25) is 5.89 Å². The third-order valence-corrected chi connectivity index (χ3v) is 4.38. The summed E-state index contributed by atoms with van der Waals surface area (Å²) < 4.78 is 42.1. The molecule has 1 heterocycles. The molecule has 1 N–H and O–H groups in total. The van der Waals surface area contributed by atoms with E-state index < -0.39 is 21.6 Å². The smallest absolute Gasteiger partial charge is 0.322 e. The van der Waals surface area contributed by atoms with Crippen molar-refractivity contribution < 1.29 is 22.0 Å². The van der Waals surface area contributed by atoms with Crippen LogP contribution in [-0.2, 0) is 9.84 Å². The van der Waals surface area contributed by atoms with E-state index in [1.807, 2.05) is 0 Å². The van der Waals surface area contributed by atoms with Crippen LogP contribution < -0.4 is 5.32 Å². The molecule has 0 saturated carbocycles. The van der Waals surface area contributed by atoms with E-state index in [0.29, 0.717) is 5.56 Å². The van der Waals surface area contributed by atoms with E-state index in [-0.39, 0.29) is 22.4 Å². The molecule has 9 heteroatoms. The number of nitrogens with zero attached hydrogens (tertiary/aromatic N) is 2. The van der Waals surface area contributed by atoms with E-state index in [1.54, 1.807) is 6.07 Å². The Kier molecular flexibility index (Phi) is 4.32. The maximum absolute atomic E-state index is 13.6. The van der Waals surface area contributed by atoms with Gasteiger partial charge in [-0.25, -0.2) is 12.8 Å². The molecule has 0 aliphatic carbocycles. The Bertz CT molecular complexity index is 1050. The molecule has 1 aromatic heterocycles. The normalized spacial score (nSPS) is 11.3. The van der Waals surface area contributed by atoms with Gasteiger partial charge in [0.1, 0.15) is 5.82 Å². The van der Waals surface area contributed by atoms with Gasteiger partial charge in [-0.1, -0.05) is 23.3 Å². The predicted molar refractivity (Wildman–Crippen MR) is 87.2 cm³/mol. The standard InChI is InChI=1S/C16H12FN3O4S/c1-25(22,23)11-6-4-5-10(9-11)15-19-20-16(24-15)18-14(21)12-7-2-3-8-13(12)17/h2-9H,1H3,(H,18,20,21). The number of amides is 1. The molecule has 0 bridgehead atoms. The molecule has 0 unspecified atom stereocenters. The van der Waals surface area contributed by atoms with Gasteiger partial charge in [0.25, 0.3) is 5.91 Å². The molecule has 0 fully saturated rings. The number of sulfone groups is 1. The van der Waals surface area contributed by atoms with Crippen molar-refractivity contribution in [1.29, 1.82) is 0 Å². The molecule has 0 saturated heterocycles. The average Bonchev–Trinajstić information content (AvgIpc) is 3.03. The van der Waals surface area contributed by atoms with E-state index in [4.69, 9.17) is 4.42 Å². The summed E-state index contributed by atoms with van der Waals surface area (Å²) in [6, 6.07) is 11.2. The SMILES string of the molecule is CS(=O)(=O)c1cccc(-c2nnc(NC(=O)c3ccccc3F)o2)c1. The first-order valence-electron chi connectivity index (χ1n) is 7.04. The average molecular weight is 361 g/mol. The molecule has 2 aromatic carbocycles. The van der Waals surface area contributed by atoms with E-state index in [2.05, 4.69) is 15.5 Å². The molecule has 3 aromatic rings. The summed E-state index contributed by atoms with van der Waals surface area (Å²) in [5.74, 6) is -1.40. The topological polar surface area (TPSA) is 102 Å². The minimum absolute atomic E-state index is 0.0225. The largest absolute Gasteiger partial charge is 0.403 e. The number of halogens is 1. The van der Waals surface area contributed by atoms with E-state index >= 15 is 0 Å². The maximum atomic E-state index is 13.6. The van der Waals surface area contributed by atoms with Crippen molar-refractivity contribution in [3.63, 3.8) is 0 Å². The van der Waals surface area contributed by atoms with Gasteiger partial charge in [0.05, 0.1) is 10.5 Å². The number of benzene rings is 2. The highest BCUT2D eigenvalue weighted by atomic mass is 32.2. The van der Waals surface area contributed by atoms with Crippen LogP contribution in [0.15, 0.2) is 57.8 Å². The first-order chi connectivity index (χ1) is 11.8. The Morgan fingerprint density at radius 1 is 1.12 bits per heavy atom. The fourth-order valence-corrected chi connectivity index (χ4v) is 2.73. The van der Waals surface area contributed by atoms with Crippen molar-refractivity contribution in [2.24, 2.45) is 0 Å². The molecule has 0 aliphatic heterocycles. The molecule has 25 heavy (non-hydrogen) atoms. The molecular weight excluding hydrogens is 349 g/mol. The number of hydrogen-bond donors (Lipinski definition) is 1. The highest BCUT2D eigenvalue weighted by molar-refractivity contribution is 7.90. The Morgan fingerprint density at radius 3 is 2.60 bits per heavy atom. The highest BCUT2D eigenvalue weighted by Crippen LogP contribution is 2.23. The molecule has 0 aliphatic rings. The van der Waals surface area contributed by atoms with Gasteiger partial charge < -0.3 is 4.42 Å². The lowest BCUT2D eigenvalue weighted by atomic mass is 10.2. The summed E-state index contributed by atoms with van der Waals surface area (Å²) in [7, 11) is -3.39. The summed E-state index contributed by atoms with van der Waals surface area (Å²) in [6.07, 6.45) is 1.08. The summed E-state index contributed by atoms with van der Waals surface area (Å²) >= 11 is 0. The van der Waals surface area contributed by atoms with Crippen LogP contribution in [0.25, 0.3) is 11.5 Å². The number of carbonyl (C=O) groups is 1. The Balaban J connectivity index is 1.84. The first-order valence-corrected chi connectivity index (χ1v) is 8.93. The maximum Gasteiger partial charge on any atom is 0.322 e. The molecule has 0 atom stereocenters. The number of carbonyl (C=O) groups excluding carboxylic acids is 1. The summed E-state index contributed by atoms with van der Waals surface area (Å²) in [5.41, 5.74) is 0.211. The Hall–Kier alpha value is -3.07. The van der Waals surface area contributed by atoms with Gasteiger partial charge in [-0.3, -0.25) is 10.1 Å². The van der Waals surface area contributed by atoms with E-state index in [9.17, 15) is 17.6 Å². The van der Waals surface area contributed by atoms with E-state index in [1.165, 1.54) is 36.4 Å². The zero-order chi connectivity index (χ0) is 18.0. The number of hydrogen-bond acceptors (Lipinski definition) is 6. The molecular formula is C16H12FN3O4S. The minimum Gasteiger partial charge on any atom is -0.403 e. The second-order valence-electron chi connectivity index (χ2n) is 5.15. The number of rotatable bonds is 4. The van der Waals surface area contributed by atoms with Crippen LogP contribution in [0, 0.1) is 5.82 Å². The van der Waals surface area contributed by atoms with Gasteiger partial charge in [-0.2, -0.15) is 0 Å². The van der Waals surface area contributed by atoms with Crippen LogP contribution in [0.4, 0.5) is 10.4 Å². The Morgan fingerprint density at radius 2 is 1.88 bits per heavy atom. The van der Waals surface area contributed by atoms with Crippen molar-refractivity contribution in [1.82, 2.24) is 10.2 Å². The third-order valence-electron chi connectivity index (χ3n) is 3.27. The van der Waals surface area contributed by atoms with Crippen molar-refractivity contribution in [3.8, 4) is 11.5 Å². The second kappa shape index (κ2) is 6.44. The zero-order valence-electron chi connectivity index (χ0n) is 12.9. The van der Waals surface area contributed by atoms with Gasteiger partial charge >= 0.3 is 6.01 Å². The molecule has 128 valence electrons. The van der Waals surface area contributed by atoms with Crippen LogP contribution in [-0.4, -0.2) is 30.8 Å². The minimum atomic E-state index is -3.39. The molecule has 0 spiro atoms. The summed E-state index contributed by atoms with van der Waals surface area (Å²) in [6.45, 7) is 0. The van der Waals surface area contributed by atoms with E-state index in [0.717, 1.165) is 12.3 Å². The Labute approximate surface area is 142 Å². The number of aromatic nitrogens is 2. The van der Waals surface area contributed by atoms with Gasteiger partial charge in [-0.05, 0) is 30.3 Å². The predicted octanol–water partition coefficient (Wildman–Crippen LogP) is 2.53. The lowest BCUT2D eigenvalue weighted by molar-refractivity contribution is 0.102. The molecule has 7 nitrogen and oxygen atoms in total. The van der Waals surface area contributed by atoms with Gasteiger partial charge in [-0.15, -0.1) is 5.10 Å². The van der Waals surface area contributed by atoms with Crippen LogP contribution in [0.2, 0.25) is 0 Å². The third kappa shape index (κ3) is 3.72. The van der Waals surface area contributed by atoms with Crippen LogP contribution in [0.5, 0.6) is 0 Å².